The molecule has 2 saturated heterocycles. The van der Waals surface area contributed by atoms with Crippen LogP contribution in [0.2, 0.25) is 0 Å². The van der Waals surface area contributed by atoms with Gasteiger partial charge in [-0.3, -0.25) is 0 Å². The smallest absolute Gasteiger partial charge is 0.317 e. The number of likely N-dealkylation sites (tertiary alicyclic amines) is 1. The minimum absolute atomic E-state index is 0.0793. The molecule has 0 aromatic heterocycles. The molecule has 0 unspecified atom stereocenters. The van der Waals surface area contributed by atoms with Crippen molar-refractivity contribution in [3.63, 3.8) is 0 Å². The van der Waals surface area contributed by atoms with Crippen molar-refractivity contribution in [1.29, 1.82) is 0 Å². The van der Waals surface area contributed by atoms with Gasteiger partial charge in [0.1, 0.15) is 0 Å². The Bertz CT molecular complexity index is 630. The van der Waals surface area contributed by atoms with E-state index in [9.17, 15) is 13.2 Å². The second-order valence-electron chi connectivity index (χ2n) is 6.23. The zero-order valence-electron chi connectivity index (χ0n) is 12.6. The number of urea groups is 1. The summed E-state index contributed by atoms with van der Waals surface area (Å²) in [6, 6.07) is 10.0. The fourth-order valence-electron chi connectivity index (χ4n) is 3.37. The Morgan fingerprint density at radius 2 is 2.00 bits per heavy atom. The molecule has 6 heteroatoms. The number of carbonyl (C=O) groups is 1. The SMILES string of the molecule is O=C(N[C@H]1CCS(=O)(=O)C1)N1CCC[C@H]1Cc1ccccc1. The van der Waals surface area contributed by atoms with Gasteiger partial charge in [0.05, 0.1) is 11.5 Å². The van der Waals surface area contributed by atoms with Crippen molar-refractivity contribution in [2.24, 2.45) is 0 Å². The van der Waals surface area contributed by atoms with E-state index in [1.54, 1.807) is 0 Å². The van der Waals surface area contributed by atoms with E-state index in [1.165, 1.54) is 5.56 Å². The second kappa shape index (κ2) is 6.28. The lowest BCUT2D eigenvalue weighted by Gasteiger charge is -2.26. The Hall–Kier alpha value is -1.56. The summed E-state index contributed by atoms with van der Waals surface area (Å²) in [5.41, 5.74) is 1.23. The predicted octanol–water partition coefficient (Wildman–Crippen LogP) is 1.59. The fraction of sp³-hybridized carbons (Fsp3) is 0.562. The van der Waals surface area contributed by atoms with Crippen LogP contribution in [0.1, 0.15) is 24.8 Å². The van der Waals surface area contributed by atoms with E-state index in [0.29, 0.717) is 6.42 Å². The molecule has 2 fully saturated rings. The molecule has 1 aromatic carbocycles. The van der Waals surface area contributed by atoms with Crippen LogP contribution < -0.4 is 5.32 Å². The van der Waals surface area contributed by atoms with Gasteiger partial charge in [-0.2, -0.15) is 0 Å². The van der Waals surface area contributed by atoms with Crippen LogP contribution in [0.5, 0.6) is 0 Å². The number of hydrogen-bond acceptors (Lipinski definition) is 3. The summed E-state index contributed by atoms with van der Waals surface area (Å²) in [5, 5.41) is 2.90. The van der Waals surface area contributed by atoms with E-state index in [-0.39, 0.29) is 29.6 Å². The Labute approximate surface area is 131 Å². The zero-order valence-corrected chi connectivity index (χ0v) is 13.4. The number of nitrogens with zero attached hydrogens (tertiary/aromatic N) is 1. The molecule has 0 aliphatic carbocycles. The molecule has 5 nitrogen and oxygen atoms in total. The van der Waals surface area contributed by atoms with E-state index in [1.807, 2.05) is 23.1 Å². The van der Waals surface area contributed by atoms with Gasteiger partial charge in [-0.25, -0.2) is 13.2 Å². The molecule has 0 saturated carbocycles. The summed E-state index contributed by atoms with van der Waals surface area (Å²) < 4.78 is 23.0. The molecule has 1 N–H and O–H groups in total. The third kappa shape index (κ3) is 3.61. The van der Waals surface area contributed by atoms with Crippen molar-refractivity contribution < 1.29 is 13.2 Å². The molecule has 0 bridgehead atoms. The number of sulfone groups is 1. The van der Waals surface area contributed by atoms with Gasteiger partial charge < -0.3 is 10.2 Å². The summed E-state index contributed by atoms with van der Waals surface area (Å²) in [7, 11) is -2.96. The van der Waals surface area contributed by atoms with Crippen LogP contribution in [0, 0.1) is 0 Å². The van der Waals surface area contributed by atoms with Crippen LogP contribution in [-0.4, -0.2) is 49.5 Å². The topological polar surface area (TPSA) is 66.5 Å². The predicted molar refractivity (Wildman–Crippen MR) is 85.5 cm³/mol. The Balaban J connectivity index is 1.59. The van der Waals surface area contributed by atoms with Gasteiger partial charge in [-0.15, -0.1) is 0 Å². The molecule has 22 heavy (non-hydrogen) atoms. The lowest BCUT2D eigenvalue weighted by Crippen LogP contribution is -2.47. The molecule has 0 radical (unpaired) electrons. The third-order valence-corrected chi connectivity index (χ3v) is 6.28. The van der Waals surface area contributed by atoms with Crippen molar-refractivity contribution in [3.8, 4) is 0 Å². The lowest BCUT2D eigenvalue weighted by atomic mass is 10.0. The monoisotopic (exact) mass is 322 g/mol. The molecule has 3 rings (SSSR count). The standard InChI is InChI=1S/C16H22N2O3S/c19-16(17-14-8-10-22(20,21)12-14)18-9-4-7-15(18)11-13-5-2-1-3-6-13/h1-3,5-6,14-15H,4,7-12H2,(H,17,19)/t14-,15-/m0/s1. The minimum Gasteiger partial charge on any atom is -0.334 e. The average Bonchev–Trinajstić information content (AvgIpc) is 3.06. The highest BCUT2D eigenvalue weighted by atomic mass is 32.2. The van der Waals surface area contributed by atoms with Gasteiger partial charge in [0.15, 0.2) is 9.84 Å². The largest absolute Gasteiger partial charge is 0.334 e. The van der Waals surface area contributed by atoms with Gasteiger partial charge >= 0.3 is 6.03 Å². The maximum Gasteiger partial charge on any atom is 0.317 e. The number of benzene rings is 1. The first-order valence-corrected chi connectivity index (χ1v) is 9.67. The molecule has 120 valence electrons. The van der Waals surface area contributed by atoms with E-state index in [2.05, 4.69) is 17.4 Å². The molecule has 2 amide bonds. The normalized spacial score (nSPS) is 27.0. The van der Waals surface area contributed by atoms with E-state index in [4.69, 9.17) is 0 Å². The highest BCUT2D eigenvalue weighted by Gasteiger charge is 2.33. The summed E-state index contributed by atoms with van der Waals surface area (Å²) in [6.07, 6.45) is 3.40. The Morgan fingerprint density at radius 3 is 2.68 bits per heavy atom. The van der Waals surface area contributed by atoms with E-state index < -0.39 is 9.84 Å². The molecule has 2 aliphatic rings. The summed E-state index contributed by atoms with van der Waals surface area (Å²) >= 11 is 0. The number of hydrogen-bond donors (Lipinski definition) is 1. The average molecular weight is 322 g/mol. The molecule has 2 aliphatic heterocycles. The van der Waals surface area contributed by atoms with Crippen LogP contribution in [0.25, 0.3) is 0 Å². The van der Waals surface area contributed by atoms with E-state index in [0.717, 1.165) is 25.8 Å². The van der Waals surface area contributed by atoms with Gasteiger partial charge in [-0.05, 0) is 31.2 Å². The summed E-state index contributed by atoms with van der Waals surface area (Å²) in [5.74, 6) is 0.265. The second-order valence-corrected chi connectivity index (χ2v) is 8.46. The highest BCUT2D eigenvalue weighted by molar-refractivity contribution is 7.91. The molecule has 2 heterocycles. The first kappa shape index (κ1) is 15.3. The van der Waals surface area contributed by atoms with Crippen molar-refractivity contribution in [2.45, 2.75) is 37.8 Å². The Morgan fingerprint density at radius 1 is 1.23 bits per heavy atom. The van der Waals surface area contributed by atoms with Crippen molar-refractivity contribution in [1.82, 2.24) is 10.2 Å². The Kier molecular flexibility index (Phi) is 4.38. The van der Waals surface area contributed by atoms with Gasteiger partial charge in [0.25, 0.3) is 0 Å². The van der Waals surface area contributed by atoms with E-state index >= 15 is 0 Å². The maximum atomic E-state index is 12.4. The third-order valence-electron chi connectivity index (χ3n) is 4.51. The first-order valence-electron chi connectivity index (χ1n) is 7.85. The van der Waals surface area contributed by atoms with Gasteiger partial charge in [0.2, 0.25) is 0 Å². The molecular weight excluding hydrogens is 300 g/mol. The minimum atomic E-state index is -2.96. The number of rotatable bonds is 3. The molecular formula is C16H22N2O3S. The molecule has 2 atom stereocenters. The highest BCUT2D eigenvalue weighted by Crippen LogP contribution is 2.22. The van der Waals surface area contributed by atoms with Crippen LogP contribution in [0.3, 0.4) is 0 Å². The fourth-order valence-corrected chi connectivity index (χ4v) is 5.04. The quantitative estimate of drug-likeness (QED) is 0.919. The summed E-state index contributed by atoms with van der Waals surface area (Å²) in [4.78, 5) is 14.3. The van der Waals surface area contributed by atoms with Crippen molar-refractivity contribution in [2.75, 3.05) is 18.1 Å². The van der Waals surface area contributed by atoms with Crippen molar-refractivity contribution in [3.05, 3.63) is 35.9 Å². The zero-order chi connectivity index (χ0) is 15.6. The van der Waals surface area contributed by atoms with Crippen LogP contribution in [-0.2, 0) is 16.3 Å². The molecule has 1 aromatic rings. The maximum absolute atomic E-state index is 12.4. The van der Waals surface area contributed by atoms with Crippen molar-refractivity contribution >= 4 is 15.9 Å². The molecule has 0 spiro atoms. The first-order chi connectivity index (χ1) is 10.5. The number of nitrogens with one attached hydrogen (secondary N) is 1. The van der Waals surface area contributed by atoms with Gasteiger partial charge in [0, 0.05) is 18.6 Å². The number of carbonyl (C=O) groups excluding carboxylic acids is 1. The van der Waals surface area contributed by atoms with Crippen LogP contribution in [0.4, 0.5) is 4.79 Å². The number of amides is 2. The van der Waals surface area contributed by atoms with Crippen LogP contribution in [0.15, 0.2) is 30.3 Å². The lowest BCUT2D eigenvalue weighted by molar-refractivity contribution is 0.189. The summed E-state index contributed by atoms with van der Waals surface area (Å²) in [6.45, 7) is 0.753. The van der Waals surface area contributed by atoms with Gasteiger partial charge in [-0.1, -0.05) is 30.3 Å². The van der Waals surface area contributed by atoms with Crippen LogP contribution >= 0.6 is 0 Å².